The second kappa shape index (κ2) is 9.62. The number of carbonyl (C=O) groups excluding carboxylic acids is 1. The Labute approximate surface area is 186 Å². The first-order valence-electron chi connectivity index (χ1n) is 10.7. The number of H-pyrrole nitrogens is 1. The fourth-order valence-corrected chi connectivity index (χ4v) is 4.24. The highest BCUT2D eigenvalue weighted by atomic mass is 35.5. The molecule has 2 N–H and O–H groups in total. The van der Waals surface area contributed by atoms with Gasteiger partial charge in [-0.05, 0) is 56.2 Å². The number of rotatable bonds is 7. The van der Waals surface area contributed by atoms with Crippen molar-refractivity contribution in [3.05, 3.63) is 70.8 Å². The van der Waals surface area contributed by atoms with Crippen molar-refractivity contribution in [1.82, 2.24) is 10.3 Å². The Balaban J connectivity index is 1.88. The number of hydrogen-bond donors (Lipinski definition) is 2. The zero-order chi connectivity index (χ0) is 21.8. The van der Waals surface area contributed by atoms with Crippen LogP contribution in [-0.2, 0) is 11.3 Å². The Kier molecular flexibility index (Phi) is 6.68. The number of hydrogen-bond acceptors (Lipinski definition) is 3. The van der Waals surface area contributed by atoms with Gasteiger partial charge < -0.3 is 10.1 Å². The lowest BCUT2D eigenvalue weighted by molar-refractivity contribution is -0.593. The van der Waals surface area contributed by atoms with Crippen molar-refractivity contribution in [2.45, 2.75) is 45.2 Å². The number of imidazole rings is 1. The van der Waals surface area contributed by atoms with Crippen LogP contribution in [0.5, 0.6) is 0 Å². The van der Waals surface area contributed by atoms with Gasteiger partial charge in [-0.25, -0.2) is 14.2 Å². The molecule has 0 aliphatic heterocycles. The number of carbonyl (C=O) groups is 1. The second-order valence-electron chi connectivity index (χ2n) is 7.67. The number of nitrogens with one attached hydrogen (secondary N) is 2. The van der Waals surface area contributed by atoms with Crippen LogP contribution in [0.15, 0.2) is 48.5 Å². The van der Waals surface area contributed by atoms with E-state index < -0.39 is 5.97 Å². The van der Waals surface area contributed by atoms with Gasteiger partial charge in [0.15, 0.2) is 17.2 Å². The van der Waals surface area contributed by atoms with E-state index in [-0.39, 0.29) is 12.4 Å². The number of ether oxygens (including phenoxy) is 1. The van der Waals surface area contributed by atoms with Gasteiger partial charge in [0, 0.05) is 11.1 Å². The molecule has 0 saturated heterocycles. The molecule has 0 spiro atoms. The summed E-state index contributed by atoms with van der Waals surface area (Å²) in [6.07, 6.45) is 4.59. The van der Waals surface area contributed by atoms with Crippen molar-refractivity contribution in [1.29, 1.82) is 0 Å². The van der Waals surface area contributed by atoms with Gasteiger partial charge in [0.1, 0.15) is 0 Å². The van der Waals surface area contributed by atoms with E-state index >= 15 is 0 Å². The molecule has 1 aromatic heterocycles. The van der Waals surface area contributed by atoms with Crippen molar-refractivity contribution in [3.8, 4) is 17.1 Å². The molecule has 1 heterocycles. The molecule has 1 fully saturated rings. The lowest BCUT2D eigenvalue weighted by Crippen LogP contribution is -2.41. The molecule has 3 aromatic rings. The molecule has 0 unspecified atom stereocenters. The molecular weight excluding hydrogens is 417 g/mol. The Morgan fingerprint density at radius 1 is 1.19 bits per heavy atom. The molecule has 162 valence electrons. The summed E-state index contributed by atoms with van der Waals surface area (Å²) in [5.41, 5.74) is 2.11. The highest BCUT2D eigenvalue weighted by Gasteiger charge is 2.33. The van der Waals surface area contributed by atoms with Crippen LogP contribution >= 0.6 is 11.6 Å². The van der Waals surface area contributed by atoms with Crippen LogP contribution < -0.4 is 9.88 Å². The van der Waals surface area contributed by atoms with E-state index in [1.165, 1.54) is 18.9 Å². The molecule has 0 bridgehead atoms. The van der Waals surface area contributed by atoms with Crippen LogP contribution in [0.25, 0.3) is 17.1 Å². The van der Waals surface area contributed by atoms with Crippen molar-refractivity contribution in [3.63, 3.8) is 0 Å². The molecule has 0 atom stereocenters. The number of aromatic nitrogens is 2. The Morgan fingerprint density at radius 3 is 2.58 bits per heavy atom. The summed E-state index contributed by atoms with van der Waals surface area (Å²) in [5.74, 6) is -0.247. The fraction of sp³-hybridized carbons (Fsp3) is 0.333. The summed E-state index contributed by atoms with van der Waals surface area (Å²) in [5, 5.41) is 4.15. The van der Waals surface area contributed by atoms with Gasteiger partial charge in [0.05, 0.1) is 18.7 Å². The SMILES string of the molecule is CCOC(=O)c1[nH]c(-c2ccc(Cl)cc2)[n+](-c2ccccc2F)c1CNC1CCCC1. The zero-order valence-corrected chi connectivity index (χ0v) is 18.2. The van der Waals surface area contributed by atoms with Crippen LogP contribution in [0.4, 0.5) is 4.39 Å². The van der Waals surface area contributed by atoms with E-state index in [1.54, 1.807) is 41.8 Å². The third kappa shape index (κ3) is 4.65. The van der Waals surface area contributed by atoms with Crippen molar-refractivity contribution in [2.24, 2.45) is 0 Å². The molecule has 1 saturated carbocycles. The fourth-order valence-electron chi connectivity index (χ4n) is 4.11. The summed E-state index contributed by atoms with van der Waals surface area (Å²) < 4.78 is 22.0. The van der Waals surface area contributed by atoms with E-state index in [0.717, 1.165) is 18.4 Å². The number of benzene rings is 2. The lowest BCUT2D eigenvalue weighted by atomic mass is 10.2. The third-order valence-electron chi connectivity index (χ3n) is 5.63. The number of nitrogens with zero attached hydrogens (tertiary/aromatic N) is 1. The van der Waals surface area contributed by atoms with Gasteiger partial charge >= 0.3 is 5.97 Å². The van der Waals surface area contributed by atoms with Crippen LogP contribution in [0.1, 0.15) is 48.8 Å². The highest BCUT2D eigenvalue weighted by Crippen LogP contribution is 2.24. The molecule has 0 amide bonds. The van der Waals surface area contributed by atoms with Gasteiger partial charge in [-0.1, -0.05) is 36.6 Å². The summed E-state index contributed by atoms with van der Waals surface area (Å²) in [6.45, 7) is 2.43. The quantitative estimate of drug-likeness (QED) is 0.401. The summed E-state index contributed by atoms with van der Waals surface area (Å²) in [6, 6.07) is 14.2. The maximum absolute atomic E-state index is 14.9. The van der Waals surface area contributed by atoms with E-state index in [2.05, 4.69) is 10.3 Å². The number of esters is 1. The molecule has 2 aromatic carbocycles. The monoisotopic (exact) mass is 442 g/mol. The summed E-state index contributed by atoms with van der Waals surface area (Å²) in [4.78, 5) is 16.0. The number of halogens is 2. The molecule has 7 heteroatoms. The first kappa shape index (κ1) is 21.5. The normalized spacial score (nSPS) is 14.2. The number of para-hydroxylation sites is 1. The van der Waals surface area contributed by atoms with E-state index in [0.29, 0.717) is 40.5 Å². The molecule has 5 nitrogen and oxygen atoms in total. The van der Waals surface area contributed by atoms with Gasteiger partial charge in [0.25, 0.3) is 11.5 Å². The lowest BCUT2D eigenvalue weighted by Gasteiger charge is -2.12. The average Bonchev–Trinajstić information content (AvgIpc) is 3.41. The standard InChI is InChI=1S/C24H25ClFN3O2/c1-2-31-24(30)22-21(15-27-18-7-3-4-8-18)29(20-10-6-5-9-19(20)26)23(28-22)16-11-13-17(25)14-12-16/h5-6,9-14,18,27H,2-4,7-8,15H2,1H3/p+1. The largest absolute Gasteiger partial charge is 0.460 e. The molecule has 0 radical (unpaired) electrons. The smallest absolute Gasteiger partial charge is 0.382 e. The van der Waals surface area contributed by atoms with Gasteiger partial charge in [0.2, 0.25) is 0 Å². The minimum Gasteiger partial charge on any atom is -0.460 e. The van der Waals surface area contributed by atoms with E-state index in [1.807, 2.05) is 12.1 Å². The molecule has 4 rings (SSSR count). The van der Waals surface area contributed by atoms with Crippen molar-refractivity contribution < 1.29 is 18.5 Å². The number of aromatic amines is 1. The van der Waals surface area contributed by atoms with Gasteiger partial charge in [-0.2, -0.15) is 4.57 Å². The second-order valence-corrected chi connectivity index (χ2v) is 8.11. The van der Waals surface area contributed by atoms with Crippen LogP contribution in [0.2, 0.25) is 5.02 Å². The zero-order valence-electron chi connectivity index (χ0n) is 17.5. The maximum Gasteiger partial charge on any atom is 0.382 e. The minimum absolute atomic E-state index is 0.253. The first-order valence-corrected chi connectivity index (χ1v) is 11.0. The van der Waals surface area contributed by atoms with E-state index in [4.69, 9.17) is 16.3 Å². The minimum atomic E-state index is -0.462. The molecule has 31 heavy (non-hydrogen) atoms. The van der Waals surface area contributed by atoms with Crippen LogP contribution in [-0.4, -0.2) is 23.6 Å². The van der Waals surface area contributed by atoms with Crippen molar-refractivity contribution >= 4 is 17.6 Å². The Bertz CT molecular complexity index is 1060. The van der Waals surface area contributed by atoms with Crippen LogP contribution in [0, 0.1) is 5.82 Å². The summed E-state index contributed by atoms with van der Waals surface area (Å²) in [7, 11) is 0. The predicted molar refractivity (Wildman–Crippen MR) is 118 cm³/mol. The van der Waals surface area contributed by atoms with E-state index in [9.17, 15) is 9.18 Å². The topological polar surface area (TPSA) is 58.0 Å². The highest BCUT2D eigenvalue weighted by molar-refractivity contribution is 6.30. The van der Waals surface area contributed by atoms with Crippen molar-refractivity contribution in [2.75, 3.05) is 6.61 Å². The van der Waals surface area contributed by atoms with Gasteiger partial charge in [-0.15, -0.1) is 0 Å². The first-order chi connectivity index (χ1) is 15.1. The average molecular weight is 443 g/mol. The molecular formula is C24H26ClFN3O2+. The predicted octanol–water partition coefficient (Wildman–Crippen LogP) is 4.96. The molecule has 1 aliphatic rings. The van der Waals surface area contributed by atoms with Gasteiger partial charge in [-0.3, -0.25) is 0 Å². The molecule has 1 aliphatic carbocycles. The third-order valence-corrected chi connectivity index (χ3v) is 5.88. The van der Waals surface area contributed by atoms with Crippen LogP contribution in [0.3, 0.4) is 0 Å². The Hall–Kier alpha value is -2.70. The summed E-state index contributed by atoms with van der Waals surface area (Å²) >= 11 is 6.07. The maximum atomic E-state index is 14.9. The Morgan fingerprint density at radius 2 is 1.90 bits per heavy atom.